The molecular weight excluding hydrogens is 144 g/mol. The van der Waals surface area contributed by atoms with Crippen LogP contribution in [0, 0.1) is 0 Å². The minimum absolute atomic E-state index is 0.0550. The van der Waals surface area contributed by atoms with Crippen LogP contribution >= 0.6 is 0 Å². The van der Waals surface area contributed by atoms with E-state index in [0.29, 0.717) is 5.69 Å². The van der Waals surface area contributed by atoms with E-state index in [2.05, 4.69) is 10.0 Å². The van der Waals surface area contributed by atoms with Crippen LogP contribution < -0.4 is 5.73 Å². The number of phenols is 1. The number of phenolic OH excluding ortho intramolecular Hbond substituents is 1. The van der Waals surface area contributed by atoms with E-state index in [1.807, 2.05) is 0 Å². The van der Waals surface area contributed by atoms with Crippen LogP contribution in [-0.4, -0.2) is 5.11 Å². The number of aromatic hydroxyl groups is 1. The van der Waals surface area contributed by atoms with Crippen LogP contribution in [0.5, 0.6) is 5.75 Å². The molecule has 0 aliphatic rings. The SMILES string of the molecule is [N-]=[N+]=Nc1ccc(O)cc1N. The third-order valence-electron chi connectivity index (χ3n) is 1.16. The van der Waals surface area contributed by atoms with Gasteiger partial charge < -0.3 is 10.8 Å². The molecule has 1 aromatic carbocycles. The molecule has 0 saturated carbocycles. The van der Waals surface area contributed by atoms with E-state index >= 15 is 0 Å². The highest BCUT2D eigenvalue weighted by molar-refractivity contribution is 5.64. The van der Waals surface area contributed by atoms with E-state index in [0.717, 1.165) is 0 Å². The maximum atomic E-state index is 8.89. The predicted octanol–water partition coefficient (Wildman–Crippen LogP) is 1.92. The number of benzene rings is 1. The van der Waals surface area contributed by atoms with Crippen molar-refractivity contribution in [2.75, 3.05) is 5.73 Å². The summed E-state index contributed by atoms with van der Waals surface area (Å²) in [5.41, 5.74) is 14.0. The zero-order valence-corrected chi connectivity index (χ0v) is 5.60. The summed E-state index contributed by atoms with van der Waals surface area (Å²) in [7, 11) is 0. The molecule has 0 saturated heterocycles. The zero-order chi connectivity index (χ0) is 8.27. The lowest BCUT2D eigenvalue weighted by atomic mass is 10.2. The highest BCUT2D eigenvalue weighted by atomic mass is 16.3. The molecule has 56 valence electrons. The van der Waals surface area contributed by atoms with Gasteiger partial charge >= 0.3 is 0 Å². The number of hydrogen-bond donors (Lipinski definition) is 2. The van der Waals surface area contributed by atoms with Gasteiger partial charge in [0.25, 0.3) is 0 Å². The lowest BCUT2D eigenvalue weighted by molar-refractivity contribution is 0.475. The van der Waals surface area contributed by atoms with Crippen molar-refractivity contribution < 1.29 is 5.11 Å². The van der Waals surface area contributed by atoms with Gasteiger partial charge in [-0.1, -0.05) is 5.11 Å². The Kier molecular flexibility index (Phi) is 1.85. The molecule has 0 atom stereocenters. The van der Waals surface area contributed by atoms with Crippen molar-refractivity contribution in [2.24, 2.45) is 5.11 Å². The van der Waals surface area contributed by atoms with Crippen molar-refractivity contribution in [1.29, 1.82) is 0 Å². The minimum Gasteiger partial charge on any atom is -0.508 e. The molecule has 0 amide bonds. The van der Waals surface area contributed by atoms with Crippen LogP contribution in [-0.2, 0) is 0 Å². The average molecular weight is 150 g/mol. The van der Waals surface area contributed by atoms with Gasteiger partial charge in [0.05, 0.1) is 5.69 Å². The second kappa shape index (κ2) is 2.81. The molecule has 0 spiro atoms. The quantitative estimate of drug-likeness (QED) is 0.277. The van der Waals surface area contributed by atoms with Crippen LogP contribution in [0.2, 0.25) is 0 Å². The lowest BCUT2D eigenvalue weighted by Gasteiger charge is -1.97. The van der Waals surface area contributed by atoms with Crippen molar-refractivity contribution >= 4 is 11.4 Å². The summed E-state index contributed by atoms with van der Waals surface area (Å²) >= 11 is 0. The largest absolute Gasteiger partial charge is 0.508 e. The molecule has 0 aromatic heterocycles. The van der Waals surface area contributed by atoms with Crippen LogP contribution in [0.1, 0.15) is 0 Å². The van der Waals surface area contributed by atoms with Crippen molar-refractivity contribution in [3.8, 4) is 5.75 Å². The molecule has 3 N–H and O–H groups in total. The fourth-order valence-corrected chi connectivity index (χ4v) is 0.681. The maximum absolute atomic E-state index is 8.89. The Morgan fingerprint density at radius 2 is 2.27 bits per heavy atom. The van der Waals surface area contributed by atoms with Gasteiger partial charge in [-0.05, 0) is 17.7 Å². The Labute approximate surface area is 62.7 Å². The number of anilines is 1. The van der Waals surface area contributed by atoms with Crippen molar-refractivity contribution in [1.82, 2.24) is 0 Å². The fraction of sp³-hybridized carbons (Fsp3) is 0. The Hall–Kier alpha value is -1.87. The summed E-state index contributed by atoms with van der Waals surface area (Å²) in [5, 5.41) is 12.2. The van der Waals surface area contributed by atoms with E-state index < -0.39 is 0 Å². The molecule has 0 bridgehead atoms. The number of nitrogens with two attached hydrogens (primary N) is 1. The minimum atomic E-state index is 0.0550. The van der Waals surface area contributed by atoms with Gasteiger partial charge in [0, 0.05) is 16.7 Å². The van der Waals surface area contributed by atoms with Gasteiger partial charge in [0.15, 0.2) is 0 Å². The molecule has 0 aliphatic carbocycles. The first-order valence-corrected chi connectivity index (χ1v) is 2.87. The molecule has 5 nitrogen and oxygen atoms in total. The molecule has 0 radical (unpaired) electrons. The maximum Gasteiger partial charge on any atom is 0.117 e. The Balaban J connectivity index is 3.19. The second-order valence-corrected chi connectivity index (χ2v) is 1.93. The number of nitrogens with zero attached hydrogens (tertiary/aromatic N) is 3. The predicted molar refractivity (Wildman–Crippen MR) is 41.3 cm³/mol. The fourth-order valence-electron chi connectivity index (χ4n) is 0.681. The molecule has 11 heavy (non-hydrogen) atoms. The van der Waals surface area contributed by atoms with Gasteiger partial charge in [-0.3, -0.25) is 0 Å². The Bertz CT molecular complexity index is 316. The monoisotopic (exact) mass is 150 g/mol. The molecule has 5 heteroatoms. The van der Waals surface area contributed by atoms with Gasteiger partial charge in [-0.15, -0.1) is 0 Å². The van der Waals surface area contributed by atoms with Gasteiger partial charge in [0.1, 0.15) is 5.75 Å². The van der Waals surface area contributed by atoms with Crippen LogP contribution in [0.3, 0.4) is 0 Å². The van der Waals surface area contributed by atoms with Crippen molar-refractivity contribution in [3.05, 3.63) is 28.6 Å². The summed E-state index contributed by atoms with van der Waals surface area (Å²) < 4.78 is 0. The summed E-state index contributed by atoms with van der Waals surface area (Å²) in [6.07, 6.45) is 0. The van der Waals surface area contributed by atoms with Crippen LogP contribution in [0.15, 0.2) is 23.3 Å². The summed E-state index contributed by atoms with van der Waals surface area (Å²) in [5.74, 6) is 0.0550. The third-order valence-corrected chi connectivity index (χ3v) is 1.16. The number of azide groups is 1. The lowest BCUT2D eigenvalue weighted by Crippen LogP contribution is -1.83. The molecule has 1 rings (SSSR count). The topological polar surface area (TPSA) is 95.0 Å². The van der Waals surface area contributed by atoms with Gasteiger partial charge in [-0.2, -0.15) is 0 Å². The Morgan fingerprint density at radius 3 is 2.82 bits per heavy atom. The number of nitrogen functional groups attached to an aromatic ring is 1. The standard InChI is InChI=1S/C6H6N4O/c7-5-3-4(11)1-2-6(5)9-10-8/h1-3,11H,7H2. The third kappa shape index (κ3) is 1.53. The normalized spacial score (nSPS) is 8.73. The number of hydrogen-bond acceptors (Lipinski definition) is 3. The second-order valence-electron chi connectivity index (χ2n) is 1.93. The first-order valence-electron chi connectivity index (χ1n) is 2.87. The molecule has 0 heterocycles. The summed E-state index contributed by atoms with van der Waals surface area (Å²) in [6, 6.07) is 4.18. The summed E-state index contributed by atoms with van der Waals surface area (Å²) in [6.45, 7) is 0. The zero-order valence-electron chi connectivity index (χ0n) is 5.60. The Morgan fingerprint density at radius 1 is 1.55 bits per heavy atom. The van der Waals surface area contributed by atoms with Gasteiger partial charge in [0.2, 0.25) is 0 Å². The molecule has 0 fully saturated rings. The van der Waals surface area contributed by atoms with Gasteiger partial charge in [-0.25, -0.2) is 0 Å². The van der Waals surface area contributed by atoms with Crippen LogP contribution in [0.25, 0.3) is 10.4 Å². The number of rotatable bonds is 1. The van der Waals surface area contributed by atoms with E-state index in [4.69, 9.17) is 16.4 Å². The first kappa shape index (κ1) is 7.24. The summed E-state index contributed by atoms with van der Waals surface area (Å²) in [4.78, 5) is 2.56. The molecule has 0 unspecified atom stereocenters. The van der Waals surface area contributed by atoms with E-state index in [9.17, 15) is 0 Å². The molecule has 1 aromatic rings. The van der Waals surface area contributed by atoms with Crippen LogP contribution in [0.4, 0.5) is 11.4 Å². The highest BCUT2D eigenvalue weighted by Crippen LogP contribution is 2.25. The van der Waals surface area contributed by atoms with E-state index in [1.54, 1.807) is 0 Å². The van der Waals surface area contributed by atoms with E-state index in [-0.39, 0.29) is 11.4 Å². The highest BCUT2D eigenvalue weighted by Gasteiger charge is 1.95. The smallest absolute Gasteiger partial charge is 0.117 e. The average Bonchev–Trinajstić information content (AvgIpc) is 1.95. The first-order chi connectivity index (χ1) is 5.24. The van der Waals surface area contributed by atoms with Crippen molar-refractivity contribution in [3.63, 3.8) is 0 Å². The van der Waals surface area contributed by atoms with Crippen molar-refractivity contribution in [2.45, 2.75) is 0 Å². The molecule has 0 aliphatic heterocycles. The molecular formula is C6H6N4O. The van der Waals surface area contributed by atoms with E-state index in [1.165, 1.54) is 18.2 Å².